The number of likely N-dealkylation sites (tertiary alicyclic amines) is 1. The highest BCUT2D eigenvalue weighted by Crippen LogP contribution is 2.19. The van der Waals surface area contributed by atoms with E-state index >= 15 is 0 Å². The Morgan fingerprint density at radius 3 is 3.12 bits per heavy atom. The first-order valence-corrected chi connectivity index (χ1v) is 6.42. The first-order chi connectivity index (χ1) is 8.28. The number of ether oxygens (including phenoxy) is 1. The Hall–Kier alpha value is -1.06. The van der Waals surface area contributed by atoms with E-state index in [2.05, 4.69) is 24.0 Å². The molecule has 1 aromatic carbocycles. The van der Waals surface area contributed by atoms with Gasteiger partial charge in [0.25, 0.3) is 0 Å². The largest absolute Gasteiger partial charge is 0.399 e. The Morgan fingerprint density at radius 2 is 2.35 bits per heavy atom. The van der Waals surface area contributed by atoms with Crippen LogP contribution in [0.5, 0.6) is 0 Å². The zero-order valence-corrected chi connectivity index (χ0v) is 10.6. The second kappa shape index (κ2) is 6.03. The van der Waals surface area contributed by atoms with Gasteiger partial charge < -0.3 is 10.5 Å². The molecule has 1 heterocycles. The fourth-order valence-electron chi connectivity index (χ4n) is 2.43. The summed E-state index contributed by atoms with van der Waals surface area (Å²) in [5.41, 5.74) is 7.95. The molecule has 3 nitrogen and oxygen atoms in total. The molecule has 1 aliphatic heterocycles. The molecule has 0 amide bonds. The smallest absolute Gasteiger partial charge is 0.0506 e. The molecule has 17 heavy (non-hydrogen) atoms. The molecule has 94 valence electrons. The van der Waals surface area contributed by atoms with Gasteiger partial charge in [-0.2, -0.15) is 0 Å². The van der Waals surface area contributed by atoms with E-state index in [9.17, 15) is 0 Å². The summed E-state index contributed by atoms with van der Waals surface area (Å²) in [6.07, 6.45) is 1.25. The molecule has 1 aromatic rings. The predicted octanol–water partition coefficient (Wildman–Crippen LogP) is 2.13. The average molecular weight is 234 g/mol. The third-order valence-corrected chi connectivity index (χ3v) is 3.28. The first-order valence-electron chi connectivity index (χ1n) is 6.42. The molecule has 2 N–H and O–H groups in total. The Bertz CT molecular complexity index is 354. The minimum Gasteiger partial charge on any atom is -0.399 e. The molecule has 2 rings (SSSR count). The van der Waals surface area contributed by atoms with Gasteiger partial charge in [0.1, 0.15) is 0 Å². The number of nitrogens with zero attached hydrogens (tertiary/aromatic N) is 1. The molecule has 0 bridgehead atoms. The van der Waals surface area contributed by atoms with Crippen LogP contribution in [-0.4, -0.2) is 31.2 Å². The average Bonchev–Trinajstić information content (AvgIpc) is 2.74. The third kappa shape index (κ3) is 3.72. The molecule has 0 spiro atoms. The lowest BCUT2D eigenvalue weighted by Gasteiger charge is -2.16. The van der Waals surface area contributed by atoms with Crippen molar-refractivity contribution in [2.24, 2.45) is 5.92 Å². The first kappa shape index (κ1) is 12.4. The molecule has 1 atom stereocenters. The van der Waals surface area contributed by atoms with E-state index in [4.69, 9.17) is 10.5 Å². The number of nitrogens with two attached hydrogens (primary N) is 1. The summed E-state index contributed by atoms with van der Waals surface area (Å²) in [6, 6.07) is 8.17. The van der Waals surface area contributed by atoms with E-state index in [1.807, 2.05) is 12.1 Å². The van der Waals surface area contributed by atoms with Crippen molar-refractivity contribution in [1.82, 2.24) is 4.90 Å². The normalized spacial score (nSPS) is 20.9. The zero-order valence-electron chi connectivity index (χ0n) is 10.6. The van der Waals surface area contributed by atoms with Gasteiger partial charge in [-0.15, -0.1) is 0 Å². The molecule has 3 heteroatoms. The van der Waals surface area contributed by atoms with E-state index in [1.165, 1.54) is 18.5 Å². The maximum atomic E-state index is 5.79. The molecular weight excluding hydrogens is 212 g/mol. The van der Waals surface area contributed by atoms with Crippen molar-refractivity contribution >= 4 is 5.69 Å². The van der Waals surface area contributed by atoms with E-state index in [0.717, 1.165) is 32.0 Å². The van der Waals surface area contributed by atoms with Gasteiger partial charge in [-0.25, -0.2) is 0 Å². The van der Waals surface area contributed by atoms with Crippen LogP contribution < -0.4 is 5.73 Å². The zero-order chi connectivity index (χ0) is 12.1. The van der Waals surface area contributed by atoms with Crippen LogP contribution in [0.3, 0.4) is 0 Å². The standard InChI is InChI=1S/C14H22N2O/c1-2-17-11-13-6-7-16(10-13)9-12-4-3-5-14(15)8-12/h3-5,8,13H,2,6-7,9-11,15H2,1H3. The highest BCUT2D eigenvalue weighted by atomic mass is 16.5. The molecule has 1 saturated heterocycles. The highest BCUT2D eigenvalue weighted by Gasteiger charge is 2.22. The van der Waals surface area contributed by atoms with Crippen molar-refractivity contribution in [3.63, 3.8) is 0 Å². The topological polar surface area (TPSA) is 38.5 Å². The Kier molecular flexibility index (Phi) is 4.40. The van der Waals surface area contributed by atoms with Gasteiger partial charge in [0.2, 0.25) is 0 Å². The van der Waals surface area contributed by atoms with Gasteiger partial charge in [-0.3, -0.25) is 4.90 Å². The number of anilines is 1. The predicted molar refractivity (Wildman–Crippen MR) is 70.7 cm³/mol. The summed E-state index contributed by atoms with van der Waals surface area (Å²) in [7, 11) is 0. The fraction of sp³-hybridized carbons (Fsp3) is 0.571. The van der Waals surface area contributed by atoms with Crippen molar-refractivity contribution in [2.75, 3.05) is 32.0 Å². The molecule has 0 aromatic heterocycles. The van der Waals surface area contributed by atoms with Gasteiger partial charge in [-0.05, 0) is 43.5 Å². The molecular formula is C14H22N2O. The summed E-state index contributed by atoms with van der Waals surface area (Å²) in [5.74, 6) is 0.705. The second-order valence-electron chi connectivity index (χ2n) is 4.79. The monoisotopic (exact) mass is 234 g/mol. The fourth-order valence-corrected chi connectivity index (χ4v) is 2.43. The van der Waals surface area contributed by atoms with Crippen molar-refractivity contribution in [1.29, 1.82) is 0 Å². The number of rotatable bonds is 5. The SMILES string of the molecule is CCOCC1CCN(Cc2cccc(N)c2)C1. The Balaban J connectivity index is 1.81. The summed E-state index contributed by atoms with van der Waals surface area (Å²) < 4.78 is 5.49. The Labute approximate surface area is 104 Å². The maximum absolute atomic E-state index is 5.79. The van der Waals surface area contributed by atoms with Crippen LogP contribution in [0.15, 0.2) is 24.3 Å². The van der Waals surface area contributed by atoms with Crippen LogP contribution in [0.25, 0.3) is 0 Å². The van der Waals surface area contributed by atoms with Gasteiger partial charge >= 0.3 is 0 Å². The van der Waals surface area contributed by atoms with Crippen LogP contribution in [0.4, 0.5) is 5.69 Å². The van der Waals surface area contributed by atoms with Crippen molar-refractivity contribution in [2.45, 2.75) is 19.9 Å². The summed E-state index contributed by atoms with van der Waals surface area (Å²) in [6.45, 7) is 7.12. The second-order valence-corrected chi connectivity index (χ2v) is 4.79. The van der Waals surface area contributed by atoms with Crippen LogP contribution in [0.2, 0.25) is 0 Å². The lowest BCUT2D eigenvalue weighted by Crippen LogP contribution is -2.21. The number of hydrogen-bond acceptors (Lipinski definition) is 3. The van der Waals surface area contributed by atoms with Crippen molar-refractivity contribution in [3.05, 3.63) is 29.8 Å². The molecule has 1 unspecified atom stereocenters. The highest BCUT2D eigenvalue weighted by molar-refractivity contribution is 5.40. The lowest BCUT2D eigenvalue weighted by molar-refractivity contribution is 0.111. The lowest BCUT2D eigenvalue weighted by atomic mass is 10.1. The molecule has 1 aliphatic rings. The van der Waals surface area contributed by atoms with Gasteiger partial charge in [-0.1, -0.05) is 12.1 Å². The summed E-state index contributed by atoms with van der Waals surface area (Å²) >= 11 is 0. The van der Waals surface area contributed by atoms with Gasteiger partial charge in [0, 0.05) is 25.4 Å². The molecule has 0 aliphatic carbocycles. The van der Waals surface area contributed by atoms with Crippen LogP contribution in [0.1, 0.15) is 18.9 Å². The molecule has 1 fully saturated rings. The summed E-state index contributed by atoms with van der Waals surface area (Å²) in [4.78, 5) is 2.48. The number of benzene rings is 1. The quantitative estimate of drug-likeness (QED) is 0.793. The summed E-state index contributed by atoms with van der Waals surface area (Å²) in [5, 5.41) is 0. The van der Waals surface area contributed by atoms with E-state index in [0.29, 0.717) is 5.92 Å². The number of hydrogen-bond donors (Lipinski definition) is 1. The minimum absolute atomic E-state index is 0.705. The maximum Gasteiger partial charge on any atom is 0.0506 e. The van der Waals surface area contributed by atoms with E-state index in [1.54, 1.807) is 0 Å². The Morgan fingerprint density at radius 1 is 1.47 bits per heavy atom. The van der Waals surface area contributed by atoms with Crippen LogP contribution in [0, 0.1) is 5.92 Å². The third-order valence-electron chi connectivity index (χ3n) is 3.28. The van der Waals surface area contributed by atoms with Crippen LogP contribution >= 0.6 is 0 Å². The van der Waals surface area contributed by atoms with Crippen LogP contribution in [-0.2, 0) is 11.3 Å². The van der Waals surface area contributed by atoms with Gasteiger partial charge in [0.15, 0.2) is 0 Å². The number of nitrogen functional groups attached to an aromatic ring is 1. The molecule has 0 radical (unpaired) electrons. The van der Waals surface area contributed by atoms with Crippen molar-refractivity contribution < 1.29 is 4.74 Å². The minimum atomic E-state index is 0.705. The van der Waals surface area contributed by atoms with Gasteiger partial charge in [0.05, 0.1) is 6.61 Å². The van der Waals surface area contributed by atoms with Crippen molar-refractivity contribution in [3.8, 4) is 0 Å². The van der Waals surface area contributed by atoms with E-state index < -0.39 is 0 Å². The molecule has 0 saturated carbocycles. The van der Waals surface area contributed by atoms with E-state index in [-0.39, 0.29) is 0 Å².